The maximum atomic E-state index is 6.04. The van der Waals surface area contributed by atoms with Gasteiger partial charge in [-0.05, 0) is 42.5 Å². The Labute approximate surface area is 150 Å². The van der Waals surface area contributed by atoms with Crippen LogP contribution in [0.2, 0.25) is 0 Å². The first-order chi connectivity index (χ1) is 12.3. The quantitative estimate of drug-likeness (QED) is 0.513. The van der Waals surface area contributed by atoms with Crippen molar-refractivity contribution in [3.05, 3.63) is 54.3 Å². The maximum absolute atomic E-state index is 6.04. The van der Waals surface area contributed by atoms with Crippen molar-refractivity contribution in [2.24, 2.45) is 0 Å². The Morgan fingerprint density at radius 3 is 2.68 bits per heavy atom. The molecule has 0 unspecified atom stereocenters. The van der Waals surface area contributed by atoms with Gasteiger partial charge in [0.15, 0.2) is 5.76 Å². The predicted octanol–water partition coefficient (Wildman–Crippen LogP) is 5.54. The van der Waals surface area contributed by atoms with Gasteiger partial charge in [0.05, 0.1) is 16.8 Å². The maximum Gasteiger partial charge on any atom is 0.221 e. The lowest BCUT2D eigenvalue weighted by atomic mass is 10.0. The molecule has 3 heterocycles. The lowest BCUT2D eigenvalue weighted by Gasteiger charge is -2.12. The van der Waals surface area contributed by atoms with Crippen LogP contribution in [0.3, 0.4) is 0 Å². The minimum absolute atomic E-state index is 0.277. The topological polar surface area (TPSA) is 64.9 Å². The number of aromatic nitrogens is 2. The highest BCUT2D eigenvalue weighted by Crippen LogP contribution is 2.38. The summed E-state index contributed by atoms with van der Waals surface area (Å²) in [5.74, 6) is 1.02. The zero-order chi connectivity index (χ0) is 17.2. The van der Waals surface area contributed by atoms with E-state index in [2.05, 4.69) is 47.2 Å². The summed E-state index contributed by atoms with van der Waals surface area (Å²) in [6, 6.07) is 14.3. The number of unbranched alkanes of at least 4 members (excludes halogenated alkanes) is 1. The Balaban J connectivity index is 1.93. The van der Waals surface area contributed by atoms with Crippen molar-refractivity contribution in [1.29, 1.82) is 0 Å². The third kappa shape index (κ3) is 3.03. The molecule has 4 nitrogen and oxygen atoms in total. The van der Waals surface area contributed by atoms with Gasteiger partial charge in [-0.1, -0.05) is 31.5 Å². The Kier molecular flexibility index (Phi) is 4.24. The number of nitrogens with zero attached hydrogens (tertiary/aromatic N) is 2. The summed E-state index contributed by atoms with van der Waals surface area (Å²) >= 11 is 1.74. The van der Waals surface area contributed by atoms with Crippen LogP contribution in [0.25, 0.3) is 32.1 Å². The largest absolute Gasteiger partial charge is 0.463 e. The molecule has 0 radical (unpaired) electrons. The number of rotatable bonds is 5. The van der Waals surface area contributed by atoms with Crippen LogP contribution in [0.15, 0.2) is 53.1 Å². The third-order valence-corrected chi connectivity index (χ3v) is 5.34. The Hall–Kier alpha value is -2.66. The minimum atomic E-state index is 0.277. The van der Waals surface area contributed by atoms with E-state index in [1.165, 1.54) is 10.1 Å². The molecule has 4 rings (SSSR count). The van der Waals surface area contributed by atoms with Gasteiger partial charge in [0.1, 0.15) is 5.69 Å². The van der Waals surface area contributed by atoms with Crippen LogP contribution < -0.4 is 5.73 Å². The average molecular weight is 349 g/mol. The summed E-state index contributed by atoms with van der Waals surface area (Å²) in [4.78, 5) is 10.2. The Bertz CT molecular complexity index is 972. The first-order valence-electron chi connectivity index (χ1n) is 8.45. The minimum Gasteiger partial charge on any atom is -0.463 e. The van der Waals surface area contributed by atoms with E-state index in [0.29, 0.717) is 0 Å². The number of anilines is 1. The van der Waals surface area contributed by atoms with Gasteiger partial charge < -0.3 is 10.2 Å². The average Bonchev–Trinajstić information content (AvgIpc) is 3.29. The van der Waals surface area contributed by atoms with Crippen molar-refractivity contribution < 1.29 is 4.42 Å². The molecule has 4 aromatic rings. The van der Waals surface area contributed by atoms with Crippen LogP contribution in [0.5, 0.6) is 0 Å². The van der Waals surface area contributed by atoms with E-state index in [9.17, 15) is 0 Å². The van der Waals surface area contributed by atoms with E-state index in [4.69, 9.17) is 10.2 Å². The summed E-state index contributed by atoms with van der Waals surface area (Å²) in [6.07, 6.45) is 4.74. The zero-order valence-corrected chi connectivity index (χ0v) is 14.8. The zero-order valence-electron chi connectivity index (χ0n) is 14.0. The molecule has 0 aliphatic carbocycles. The molecule has 0 fully saturated rings. The van der Waals surface area contributed by atoms with Gasteiger partial charge in [-0.3, -0.25) is 0 Å². The van der Waals surface area contributed by atoms with E-state index in [0.717, 1.165) is 46.9 Å². The number of benzene rings is 1. The van der Waals surface area contributed by atoms with E-state index in [1.807, 2.05) is 12.1 Å². The van der Waals surface area contributed by atoms with E-state index in [1.54, 1.807) is 17.6 Å². The fourth-order valence-corrected chi connectivity index (χ4v) is 4.09. The van der Waals surface area contributed by atoms with Crippen LogP contribution in [-0.4, -0.2) is 9.97 Å². The molecule has 25 heavy (non-hydrogen) atoms. The van der Waals surface area contributed by atoms with Crippen molar-refractivity contribution in [3.8, 4) is 22.0 Å². The van der Waals surface area contributed by atoms with Crippen LogP contribution in [0.4, 0.5) is 5.95 Å². The highest BCUT2D eigenvalue weighted by Gasteiger charge is 2.19. The summed E-state index contributed by atoms with van der Waals surface area (Å²) < 4.78 is 6.85. The molecule has 0 spiro atoms. The molecule has 2 N–H and O–H groups in total. The first-order valence-corrected chi connectivity index (χ1v) is 9.27. The predicted molar refractivity (Wildman–Crippen MR) is 104 cm³/mol. The normalized spacial score (nSPS) is 11.2. The van der Waals surface area contributed by atoms with E-state index < -0.39 is 0 Å². The number of hydrogen-bond acceptors (Lipinski definition) is 5. The van der Waals surface area contributed by atoms with Gasteiger partial charge in [-0.2, -0.15) is 0 Å². The van der Waals surface area contributed by atoms with E-state index in [-0.39, 0.29) is 5.95 Å². The second-order valence-electron chi connectivity index (χ2n) is 5.99. The molecule has 0 atom stereocenters. The van der Waals surface area contributed by atoms with Gasteiger partial charge >= 0.3 is 0 Å². The van der Waals surface area contributed by atoms with Crippen LogP contribution in [-0.2, 0) is 6.42 Å². The fraction of sp³-hybridized carbons (Fsp3) is 0.200. The molecule has 0 saturated heterocycles. The number of nitrogens with two attached hydrogens (primary N) is 1. The van der Waals surface area contributed by atoms with Crippen molar-refractivity contribution in [2.75, 3.05) is 5.73 Å². The van der Waals surface area contributed by atoms with Gasteiger partial charge in [-0.25, -0.2) is 9.97 Å². The van der Waals surface area contributed by atoms with Gasteiger partial charge in [0.2, 0.25) is 5.95 Å². The third-order valence-electron chi connectivity index (χ3n) is 4.22. The number of thiophene rings is 1. The van der Waals surface area contributed by atoms with E-state index >= 15 is 0 Å². The van der Waals surface area contributed by atoms with Gasteiger partial charge in [0.25, 0.3) is 0 Å². The molecule has 0 aliphatic rings. The van der Waals surface area contributed by atoms with Crippen molar-refractivity contribution >= 4 is 27.4 Å². The first kappa shape index (κ1) is 15.8. The fourth-order valence-electron chi connectivity index (χ4n) is 3.01. The second-order valence-corrected chi connectivity index (χ2v) is 7.07. The molecule has 0 amide bonds. The lowest BCUT2D eigenvalue weighted by molar-refractivity contribution is 0.578. The summed E-state index contributed by atoms with van der Waals surface area (Å²) in [7, 11) is 0. The molecule has 0 aliphatic heterocycles. The second kappa shape index (κ2) is 6.69. The number of fused-ring (bicyclic) bond motifs is 1. The van der Waals surface area contributed by atoms with Crippen LogP contribution >= 0.6 is 11.3 Å². The Morgan fingerprint density at radius 1 is 1.08 bits per heavy atom. The van der Waals surface area contributed by atoms with Crippen molar-refractivity contribution in [3.63, 3.8) is 0 Å². The molecule has 126 valence electrons. The standard InChI is InChI=1S/C20H19N3OS/c1-2-3-8-14-18(15-9-6-11-24-15)22-20(21)23-19(14)17-12-13-7-4-5-10-16(13)25-17/h4-7,9-12H,2-3,8H2,1H3,(H2,21,22,23). The molecule has 0 bridgehead atoms. The number of furan rings is 1. The smallest absolute Gasteiger partial charge is 0.221 e. The number of nitrogen functional groups attached to an aromatic ring is 1. The molecule has 3 aromatic heterocycles. The monoisotopic (exact) mass is 349 g/mol. The molecular formula is C20H19N3OS. The highest BCUT2D eigenvalue weighted by molar-refractivity contribution is 7.22. The van der Waals surface area contributed by atoms with Crippen LogP contribution in [0, 0.1) is 0 Å². The Morgan fingerprint density at radius 2 is 1.92 bits per heavy atom. The number of hydrogen-bond donors (Lipinski definition) is 1. The molecular weight excluding hydrogens is 330 g/mol. The molecule has 0 saturated carbocycles. The van der Waals surface area contributed by atoms with Gasteiger partial charge in [-0.15, -0.1) is 11.3 Å². The highest BCUT2D eigenvalue weighted by atomic mass is 32.1. The molecule has 1 aromatic carbocycles. The lowest BCUT2D eigenvalue weighted by Crippen LogP contribution is -2.04. The molecule has 5 heteroatoms. The summed E-state index contributed by atoms with van der Waals surface area (Å²) in [5.41, 5.74) is 8.87. The SMILES string of the molecule is CCCCc1c(-c2ccco2)nc(N)nc1-c1cc2ccccc2s1. The van der Waals surface area contributed by atoms with Gasteiger partial charge in [0, 0.05) is 10.3 Å². The van der Waals surface area contributed by atoms with Crippen molar-refractivity contribution in [1.82, 2.24) is 9.97 Å². The van der Waals surface area contributed by atoms with Crippen molar-refractivity contribution in [2.45, 2.75) is 26.2 Å². The van der Waals surface area contributed by atoms with Crippen LogP contribution in [0.1, 0.15) is 25.3 Å². The summed E-state index contributed by atoms with van der Waals surface area (Å²) in [6.45, 7) is 2.18. The summed E-state index contributed by atoms with van der Waals surface area (Å²) in [5, 5.41) is 1.22.